The van der Waals surface area contributed by atoms with Crippen LogP contribution in [0.15, 0.2) is 48.5 Å². The molecule has 1 N–H and O–H groups in total. The Hall–Kier alpha value is -2.38. The Labute approximate surface area is 124 Å². The molecular formula is C17H17FN2O. The topological polar surface area (TPSA) is 45.0 Å². The van der Waals surface area contributed by atoms with Crippen LogP contribution in [0, 0.1) is 17.1 Å². The maximum Gasteiger partial charge on any atom is 0.174 e. The van der Waals surface area contributed by atoms with Gasteiger partial charge in [0.2, 0.25) is 0 Å². The highest BCUT2D eigenvalue weighted by Crippen LogP contribution is 2.18. The summed E-state index contributed by atoms with van der Waals surface area (Å²) in [5.74, 6) is 0.464. The van der Waals surface area contributed by atoms with Crippen LogP contribution in [-0.2, 0) is 6.54 Å². The summed E-state index contributed by atoms with van der Waals surface area (Å²) in [6, 6.07) is 16.2. The lowest BCUT2D eigenvalue weighted by Crippen LogP contribution is -2.18. The van der Waals surface area contributed by atoms with E-state index in [4.69, 9.17) is 10.00 Å². The van der Waals surface area contributed by atoms with Crippen molar-refractivity contribution in [3.63, 3.8) is 0 Å². The molecule has 0 bridgehead atoms. The quantitative estimate of drug-likeness (QED) is 0.882. The summed E-state index contributed by atoms with van der Waals surface area (Å²) >= 11 is 0. The largest absolute Gasteiger partial charge is 0.479 e. The van der Waals surface area contributed by atoms with E-state index in [1.165, 1.54) is 12.1 Å². The zero-order valence-electron chi connectivity index (χ0n) is 11.8. The van der Waals surface area contributed by atoms with E-state index in [-0.39, 0.29) is 18.5 Å². The molecule has 0 saturated carbocycles. The summed E-state index contributed by atoms with van der Waals surface area (Å²) in [6.45, 7) is 2.79. The fraction of sp³-hybridized carbons (Fsp3) is 0.235. The molecule has 0 fully saturated rings. The van der Waals surface area contributed by atoms with Crippen molar-refractivity contribution in [2.24, 2.45) is 0 Å². The lowest BCUT2D eigenvalue weighted by atomic mass is 10.1. The molecule has 0 aromatic heterocycles. The van der Waals surface area contributed by atoms with E-state index >= 15 is 0 Å². The first-order chi connectivity index (χ1) is 10.2. The first-order valence-electron chi connectivity index (χ1n) is 6.76. The van der Waals surface area contributed by atoms with Gasteiger partial charge in [0, 0.05) is 12.6 Å². The smallest absolute Gasteiger partial charge is 0.174 e. The van der Waals surface area contributed by atoms with E-state index in [1.807, 2.05) is 30.3 Å². The van der Waals surface area contributed by atoms with Gasteiger partial charge in [0.25, 0.3) is 0 Å². The number of nitrogens with one attached hydrogen (secondary N) is 1. The molecule has 1 atom stereocenters. The van der Waals surface area contributed by atoms with Gasteiger partial charge < -0.3 is 10.1 Å². The molecule has 2 rings (SSSR count). The van der Waals surface area contributed by atoms with Gasteiger partial charge in [-0.25, -0.2) is 4.39 Å². The average Bonchev–Trinajstić information content (AvgIpc) is 2.52. The van der Waals surface area contributed by atoms with Gasteiger partial charge in [0.1, 0.15) is 17.6 Å². The van der Waals surface area contributed by atoms with Crippen molar-refractivity contribution in [3.05, 3.63) is 65.5 Å². The highest BCUT2D eigenvalue weighted by molar-refractivity contribution is 5.29. The summed E-state index contributed by atoms with van der Waals surface area (Å²) in [6.07, 6.45) is 0. The van der Waals surface area contributed by atoms with E-state index in [0.29, 0.717) is 12.3 Å². The monoisotopic (exact) mass is 284 g/mol. The van der Waals surface area contributed by atoms with Crippen LogP contribution < -0.4 is 10.1 Å². The minimum absolute atomic E-state index is 0.0533. The van der Waals surface area contributed by atoms with Crippen molar-refractivity contribution in [1.29, 1.82) is 5.26 Å². The Morgan fingerprint density at radius 1 is 1.14 bits per heavy atom. The van der Waals surface area contributed by atoms with Gasteiger partial charge in [-0.05, 0) is 42.3 Å². The molecule has 1 unspecified atom stereocenters. The normalized spacial score (nSPS) is 11.7. The molecule has 0 radical (unpaired) electrons. The standard InChI is InChI=1S/C17H17FN2O/c1-13(20-12-14-2-6-16(18)7-3-14)15-4-8-17(9-5-15)21-11-10-19/h2-9,13,20H,11-12H2,1H3. The van der Waals surface area contributed by atoms with Gasteiger partial charge in [-0.3, -0.25) is 0 Å². The number of nitriles is 1. The van der Waals surface area contributed by atoms with Gasteiger partial charge in [-0.1, -0.05) is 24.3 Å². The molecule has 0 amide bonds. The first-order valence-corrected chi connectivity index (χ1v) is 6.76. The molecule has 108 valence electrons. The Balaban J connectivity index is 1.89. The second-order valence-corrected chi connectivity index (χ2v) is 4.74. The van der Waals surface area contributed by atoms with Gasteiger partial charge in [0.05, 0.1) is 0 Å². The van der Waals surface area contributed by atoms with E-state index in [0.717, 1.165) is 11.1 Å². The van der Waals surface area contributed by atoms with Gasteiger partial charge in [-0.15, -0.1) is 0 Å². The third kappa shape index (κ3) is 4.59. The Bertz CT molecular complexity index is 602. The number of nitrogens with zero attached hydrogens (tertiary/aromatic N) is 1. The maximum absolute atomic E-state index is 12.8. The third-order valence-corrected chi connectivity index (χ3v) is 3.21. The second kappa shape index (κ2) is 7.41. The fourth-order valence-corrected chi connectivity index (χ4v) is 1.96. The third-order valence-electron chi connectivity index (χ3n) is 3.21. The van der Waals surface area contributed by atoms with E-state index in [9.17, 15) is 4.39 Å². The zero-order valence-corrected chi connectivity index (χ0v) is 11.8. The van der Waals surface area contributed by atoms with Crippen molar-refractivity contribution in [3.8, 4) is 11.8 Å². The molecular weight excluding hydrogens is 267 g/mol. The van der Waals surface area contributed by atoms with E-state index in [2.05, 4.69) is 12.2 Å². The molecule has 21 heavy (non-hydrogen) atoms. The van der Waals surface area contributed by atoms with Crippen LogP contribution in [0.1, 0.15) is 24.1 Å². The Kier molecular flexibility index (Phi) is 5.30. The summed E-state index contributed by atoms with van der Waals surface area (Å²) in [5, 5.41) is 11.8. The van der Waals surface area contributed by atoms with E-state index in [1.54, 1.807) is 12.1 Å². The number of benzene rings is 2. The van der Waals surface area contributed by atoms with Gasteiger partial charge in [-0.2, -0.15) is 5.26 Å². The average molecular weight is 284 g/mol. The molecule has 2 aromatic carbocycles. The van der Waals surface area contributed by atoms with Crippen LogP contribution in [0.3, 0.4) is 0 Å². The predicted molar refractivity (Wildman–Crippen MR) is 79.2 cm³/mol. The molecule has 0 aliphatic rings. The molecule has 4 heteroatoms. The highest BCUT2D eigenvalue weighted by Gasteiger charge is 2.05. The van der Waals surface area contributed by atoms with Crippen molar-refractivity contribution >= 4 is 0 Å². The van der Waals surface area contributed by atoms with Crippen LogP contribution in [0.4, 0.5) is 4.39 Å². The first kappa shape index (κ1) is 15.0. The second-order valence-electron chi connectivity index (χ2n) is 4.74. The number of ether oxygens (including phenoxy) is 1. The van der Waals surface area contributed by atoms with E-state index < -0.39 is 0 Å². The van der Waals surface area contributed by atoms with Crippen LogP contribution in [-0.4, -0.2) is 6.61 Å². The number of hydrogen-bond acceptors (Lipinski definition) is 3. The minimum atomic E-state index is -0.222. The molecule has 0 heterocycles. The maximum atomic E-state index is 12.8. The Morgan fingerprint density at radius 3 is 2.43 bits per heavy atom. The van der Waals surface area contributed by atoms with Crippen molar-refractivity contribution < 1.29 is 9.13 Å². The molecule has 3 nitrogen and oxygen atoms in total. The van der Waals surface area contributed by atoms with Crippen LogP contribution >= 0.6 is 0 Å². The lowest BCUT2D eigenvalue weighted by molar-refractivity contribution is 0.368. The molecule has 0 aliphatic carbocycles. The predicted octanol–water partition coefficient (Wildman–Crippen LogP) is 3.58. The number of rotatable bonds is 6. The van der Waals surface area contributed by atoms with Crippen molar-refractivity contribution in [1.82, 2.24) is 5.32 Å². The fourth-order valence-electron chi connectivity index (χ4n) is 1.96. The van der Waals surface area contributed by atoms with Crippen molar-refractivity contribution in [2.45, 2.75) is 19.5 Å². The molecule has 0 aliphatic heterocycles. The SMILES string of the molecule is CC(NCc1ccc(F)cc1)c1ccc(OCC#N)cc1. The molecule has 2 aromatic rings. The zero-order chi connectivity index (χ0) is 15.1. The van der Waals surface area contributed by atoms with Gasteiger partial charge in [0.15, 0.2) is 6.61 Å². The van der Waals surface area contributed by atoms with Crippen LogP contribution in [0.25, 0.3) is 0 Å². The number of halogens is 1. The Morgan fingerprint density at radius 2 is 1.81 bits per heavy atom. The minimum Gasteiger partial charge on any atom is -0.479 e. The summed E-state index contributed by atoms with van der Waals surface area (Å²) < 4.78 is 18.0. The van der Waals surface area contributed by atoms with Crippen molar-refractivity contribution in [2.75, 3.05) is 6.61 Å². The summed E-state index contributed by atoms with van der Waals surface area (Å²) in [4.78, 5) is 0. The molecule has 0 spiro atoms. The summed E-state index contributed by atoms with van der Waals surface area (Å²) in [5.41, 5.74) is 2.17. The molecule has 0 saturated heterocycles. The van der Waals surface area contributed by atoms with Crippen LogP contribution in [0.2, 0.25) is 0 Å². The van der Waals surface area contributed by atoms with Crippen LogP contribution in [0.5, 0.6) is 5.75 Å². The number of hydrogen-bond donors (Lipinski definition) is 1. The highest BCUT2D eigenvalue weighted by atomic mass is 19.1. The van der Waals surface area contributed by atoms with Gasteiger partial charge >= 0.3 is 0 Å². The lowest BCUT2D eigenvalue weighted by Gasteiger charge is -2.15. The summed E-state index contributed by atoms with van der Waals surface area (Å²) in [7, 11) is 0.